The molecule has 0 bridgehead atoms. The number of carbonyl (C=O) groups is 1. The molecule has 1 N–H and O–H groups in total. The Balaban J connectivity index is 2.37. The third-order valence-electron chi connectivity index (χ3n) is 3.10. The predicted molar refractivity (Wildman–Crippen MR) is 81.7 cm³/mol. The zero-order valence-corrected chi connectivity index (χ0v) is 14.8. The lowest BCUT2D eigenvalue weighted by molar-refractivity contribution is -0.140. The van der Waals surface area contributed by atoms with Crippen LogP contribution < -0.4 is 4.98 Å². The van der Waals surface area contributed by atoms with Crippen LogP contribution in [0.1, 0.15) is 25.7 Å². The second-order valence-corrected chi connectivity index (χ2v) is 16.7. The van der Waals surface area contributed by atoms with Gasteiger partial charge >= 0.3 is 0 Å². The van der Waals surface area contributed by atoms with Crippen LogP contribution in [0.4, 0.5) is 0 Å². The van der Waals surface area contributed by atoms with E-state index in [1.165, 1.54) is 0 Å². The normalized spacial score (nSPS) is 25.9. The first-order chi connectivity index (χ1) is 8.07. The molecule has 0 saturated heterocycles. The van der Waals surface area contributed by atoms with E-state index < -0.39 is 16.6 Å². The summed E-state index contributed by atoms with van der Waals surface area (Å²) < 4.78 is 5.60. The molecule has 0 amide bonds. The van der Waals surface area contributed by atoms with Crippen molar-refractivity contribution in [1.29, 1.82) is 0 Å². The minimum absolute atomic E-state index is 0.0561. The highest BCUT2D eigenvalue weighted by atomic mass is 28.4. The SMILES string of the molecule is C[Si](C)(C)NC1CCC(C(=O)O[Si](C)(C)C)CC1. The zero-order valence-electron chi connectivity index (χ0n) is 12.8. The van der Waals surface area contributed by atoms with Gasteiger partial charge in [0.05, 0.1) is 5.92 Å². The molecular weight excluding hydrogens is 258 g/mol. The highest BCUT2D eigenvalue weighted by molar-refractivity contribution is 6.73. The van der Waals surface area contributed by atoms with E-state index in [2.05, 4.69) is 44.3 Å². The van der Waals surface area contributed by atoms with Gasteiger partial charge in [0.15, 0.2) is 0 Å². The number of nitrogens with one attached hydrogen (secondary N) is 1. The van der Waals surface area contributed by atoms with Gasteiger partial charge in [0.25, 0.3) is 5.97 Å². The lowest BCUT2D eigenvalue weighted by Gasteiger charge is -2.33. The van der Waals surface area contributed by atoms with Crippen LogP contribution in [-0.4, -0.2) is 28.6 Å². The highest BCUT2D eigenvalue weighted by Gasteiger charge is 2.31. The maximum Gasteiger partial charge on any atom is 0.295 e. The Morgan fingerprint density at radius 2 is 1.50 bits per heavy atom. The fourth-order valence-electron chi connectivity index (χ4n) is 2.47. The molecule has 0 aliphatic heterocycles. The van der Waals surface area contributed by atoms with Gasteiger partial charge < -0.3 is 9.41 Å². The van der Waals surface area contributed by atoms with E-state index in [0.717, 1.165) is 25.7 Å². The van der Waals surface area contributed by atoms with Crippen LogP contribution in [0, 0.1) is 5.92 Å². The number of carbonyl (C=O) groups excluding carboxylic acids is 1. The van der Waals surface area contributed by atoms with Crippen LogP contribution in [0.3, 0.4) is 0 Å². The molecule has 106 valence electrons. The first-order valence-electron chi connectivity index (χ1n) is 7.07. The van der Waals surface area contributed by atoms with Gasteiger partial charge in [0.1, 0.15) is 8.24 Å². The molecule has 3 nitrogen and oxygen atoms in total. The summed E-state index contributed by atoms with van der Waals surface area (Å²) in [5, 5.41) is 0. The van der Waals surface area contributed by atoms with Gasteiger partial charge in [-0.25, -0.2) is 0 Å². The minimum Gasteiger partial charge on any atom is -0.520 e. The van der Waals surface area contributed by atoms with Crippen molar-refractivity contribution in [1.82, 2.24) is 4.98 Å². The minimum atomic E-state index is -1.72. The van der Waals surface area contributed by atoms with Crippen LogP contribution in [0.25, 0.3) is 0 Å². The van der Waals surface area contributed by atoms with E-state index in [1.807, 2.05) is 0 Å². The Morgan fingerprint density at radius 3 is 1.89 bits per heavy atom. The van der Waals surface area contributed by atoms with Crippen LogP contribution in [0.15, 0.2) is 0 Å². The first-order valence-corrected chi connectivity index (χ1v) is 14.0. The van der Waals surface area contributed by atoms with Gasteiger partial charge in [-0.05, 0) is 45.3 Å². The van der Waals surface area contributed by atoms with Gasteiger partial charge in [-0.15, -0.1) is 0 Å². The first kappa shape index (κ1) is 15.9. The lowest BCUT2D eigenvalue weighted by atomic mass is 9.87. The average molecular weight is 288 g/mol. The van der Waals surface area contributed by atoms with Crippen molar-refractivity contribution in [2.75, 3.05) is 0 Å². The average Bonchev–Trinajstić information content (AvgIpc) is 2.13. The maximum atomic E-state index is 12.0. The van der Waals surface area contributed by atoms with Crippen molar-refractivity contribution < 1.29 is 9.22 Å². The molecule has 1 aliphatic carbocycles. The fourth-order valence-corrected chi connectivity index (χ4v) is 4.75. The molecule has 0 aromatic carbocycles. The number of hydrogen-bond donors (Lipinski definition) is 1. The van der Waals surface area contributed by atoms with Crippen LogP contribution in [0.2, 0.25) is 39.3 Å². The molecule has 1 fully saturated rings. The summed E-state index contributed by atoms with van der Waals surface area (Å²) in [7, 11) is -2.91. The summed E-state index contributed by atoms with van der Waals surface area (Å²) in [6.45, 7) is 13.2. The standard InChI is InChI=1S/C13H29NO2Si2/c1-17(2,3)14-12-9-7-11(8-10-12)13(15)16-18(4,5)6/h11-12,14H,7-10H2,1-6H3. The molecular formula is C13H29NO2Si2. The van der Waals surface area contributed by atoms with Gasteiger partial charge in [-0.2, -0.15) is 0 Å². The van der Waals surface area contributed by atoms with E-state index in [-0.39, 0.29) is 11.9 Å². The second kappa shape index (κ2) is 5.88. The van der Waals surface area contributed by atoms with Gasteiger partial charge in [0.2, 0.25) is 8.32 Å². The molecule has 0 atom stereocenters. The molecule has 18 heavy (non-hydrogen) atoms. The van der Waals surface area contributed by atoms with Gasteiger partial charge in [-0.3, -0.25) is 4.79 Å². The molecule has 0 aromatic heterocycles. The van der Waals surface area contributed by atoms with Crippen molar-refractivity contribution >= 4 is 22.5 Å². The van der Waals surface area contributed by atoms with E-state index >= 15 is 0 Å². The smallest absolute Gasteiger partial charge is 0.295 e. The Morgan fingerprint density at radius 1 is 1.00 bits per heavy atom. The fraction of sp³-hybridized carbons (Fsp3) is 0.923. The predicted octanol–water partition coefficient (Wildman–Crippen LogP) is 3.35. The Bertz CT molecular complexity index is 286. The third kappa shape index (κ3) is 6.15. The Hall–Kier alpha value is -0.136. The van der Waals surface area contributed by atoms with E-state index in [9.17, 15) is 4.79 Å². The summed E-state index contributed by atoms with van der Waals surface area (Å²) in [5.41, 5.74) is 0. The molecule has 0 aromatic rings. The quantitative estimate of drug-likeness (QED) is 0.806. The van der Waals surface area contributed by atoms with E-state index in [1.54, 1.807) is 0 Å². The summed E-state index contributed by atoms with van der Waals surface area (Å²) in [5.74, 6) is 0.206. The van der Waals surface area contributed by atoms with Crippen LogP contribution in [-0.2, 0) is 9.22 Å². The summed E-state index contributed by atoms with van der Waals surface area (Å²) >= 11 is 0. The second-order valence-electron chi connectivity index (χ2n) is 7.48. The maximum absolute atomic E-state index is 12.0. The molecule has 0 unspecified atom stereocenters. The molecule has 0 spiro atoms. The molecule has 1 aliphatic rings. The molecule has 5 heteroatoms. The zero-order chi connectivity index (χ0) is 14.0. The molecule has 0 radical (unpaired) electrons. The monoisotopic (exact) mass is 287 g/mol. The van der Waals surface area contributed by atoms with Crippen molar-refractivity contribution in [2.45, 2.75) is 71.0 Å². The Kier molecular flexibility index (Phi) is 5.20. The molecule has 1 rings (SSSR count). The highest BCUT2D eigenvalue weighted by Crippen LogP contribution is 2.27. The summed E-state index contributed by atoms with van der Waals surface area (Å²) in [4.78, 5) is 15.8. The van der Waals surface area contributed by atoms with Gasteiger partial charge in [0, 0.05) is 6.04 Å². The third-order valence-corrected chi connectivity index (χ3v) is 5.19. The lowest BCUT2D eigenvalue weighted by Crippen LogP contribution is -2.49. The number of hydrogen-bond acceptors (Lipinski definition) is 3. The van der Waals surface area contributed by atoms with Crippen molar-refractivity contribution in [3.05, 3.63) is 0 Å². The number of rotatable bonds is 4. The summed E-state index contributed by atoms with van der Waals surface area (Å²) in [6.07, 6.45) is 4.22. The molecule has 1 saturated carbocycles. The summed E-state index contributed by atoms with van der Waals surface area (Å²) in [6, 6.07) is 0.618. The molecule has 0 heterocycles. The van der Waals surface area contributed by atoms with E-state index in [0.29, 0.717) is 6.04 Å². The van der Waals surface area contributed by atoms with Crippen molar-refractivity contribution in [3.63, 3.8) is 0 Å². The van der Waals surface area contributed by atoms with Crippen LogP contribution >= 0.6 is 0 Å². The van der Waals surface area contributed by atoms with E-state index in [4.69, 9.17) is 4.43 Å². The Labute approximate surface area is 114 Å². The topological polar surface area (TPSA) is 38.3 Å². The largest absolute Gasteiger partial charge is 0.520 e. The van der Waals surface area contributed by atoms with Crippen molar-refractivity contribution in [3.8, 4) is 0 Å². The van der Waals surface area contributed by atoms with Gasteiger partial charge in [-0.1, -0.05) is 19.6 Å². The van der Waals surface area contributed by atoms with Crippen molar-refractivity contribution in [2.24, 2.45) is 5.92 Å². The van der Waals surface area contributed by atoms with Crippen LogP contribution in [0.5, 0.6) is 0 Å².